The number of allylic oxidation sites excluding steroid dienone is 1. The van der Waals surface area contributed by atoms with Crippen LogP contribution in [0.4, 0.5) is 4.39 Å². The maximum Gasteiger partial charge on any atom is 0.130 e. The van der Waals surface area contributed by atoms with Gasteiger partial charge in [0.1, 0.15) is 22.9 Å². The minimum Gasteiger partial charge on any atom is -0.492 e. The Morgan fingerprint density at radius 1 is 1.27 bits per heavy atom. The molecule has 5 N–H and O–H groups in total. The summed E-state index contributed by atoms with van der Waals surface area (Å²) in [7, 11) is 3.45. The van der Waals surface area contributed by atoms with Gasteiger partial charge in [0, 0.05) is 48.3 Å². The third-order valence-corrected chi connectivity index (χ3v) is 4.70. The van der Waals surface area contributed by atoms with Gasteiger partial charge in [0.25, 0.3) is 0 Å². The van der Waals surface area contributed by atoms with E-state index in [4.69, 9.17) is 21.3 Å². The van der Waals surface area contributed by atoms with E-state index < -0.39 is 5.82 Å². The molecule has 7 nitrogen and oxygen atoms in total. The average Bonchev–Trinajstić information content (AvgIpc) is 2.71. The Morgan fingerprint density at radius 2 is 2.00 bits per heavy atom. The summed E-state index contributed by atoms with van der Waals surface area (Å²) in [5.74, 6) is 0.217. The predicted molar refractivity (Wildman–Crippen MR) is 119 cm³/mol. The predicted octanol–water partition coefficient (Wildman–Crippen LogP) is 2.91. The first-order valence-corrected chi connectivity index (χ1v) is 9.59. The van der Waals surface area contributed by atoms with Crippen molar-refractivity contribution in [2.24, 2.45) is 10.7 Å². The van der Waals surface area contributed by atoms with Gasteiger partial charge in [-0.2, -0.15) is 0 Å². The van der Waals surface area contributed by atoms with E-state index in [1.165, 1.54) is 16.7 Å². The zero-order valence-corrected chi connectivity index (χ0v) is 17.8. The summed E-state index contributed by atoms with van der Waals surface area (Å²) in [6.07, 6.45) is 2.23. The number of pyridine rings is 1. The first-order chi connectivity index (χ1) is 14.3. The van der Waals surface area contributed by atoms with Crippen molar-refractivity contribution in [3.05, 3.63) is 59.1 Å². The van der Waals surface area contributed by atoms with Crippen molar-refractivity contribution in [1.29, 1.82) is 10.8 Å². The van der Waals surface area contributed by atoms with Gasteiger partial charge in [-0.25, -0.2) is 4.39 Å². The molecular formula is C22H29FN6O. The van der Waals surface area contributed by atoms with Gasteiger partial charge in [-0.1, -0.05) is 0 Å². The second kappa shape index (κ2) is 10.5. The lowest BCUT2D eigenvalue weighted by Gasteiger charge is -2.15. The normalized spacial score (nSPS) is 12.5. The molecule has 1 aromatic carbocycles. The number of nitrogens with zero attached hydrogens (tertiary/aromatic N) is 2. The van der Waals surface area contributed by atoms with Gasteiger partial charge in [-0.05, 0) is 50.7 Å². The van der Waals surface area contributed by atoms with Gasteiger partial charge >= 0.3 is 0 Å². The van der Waals surface area contributed by atoms with Gasteiger partial charge in [-0.3, -0.25) is 20.4 Å². The second-order valence-electron chi connectivity index (χ2n) is 6.86. The Kier molecular flexibility index (Phi) is 8.06. The molecule has 0 saturated carbocycles. The van der Waals surface area contributed by atoms with Crippen LogP contribution in [-0.2, 0) is 0 Å². The number of benzene rings is 1. The maximum atomic E-state index is 13.9. The van der Waals surface area contributed by atoms with Crippen molar-refractivity contribution in [2.75, 3.05) is 27.2 Å². The molecule has 0 fully saturated rings. The van der Waals surface area contributed by atoms with Crippen molar-refractivity contribution in [3.63, 3.8) is 0 Å². The van der Waals surface area contributed by atoms with E-state index in [0.29, 0.717) is 36.6 Å². The highest BCUT2D eigenvalue weighted by Crippen LogP contribution is 2.30. The van der Waals surface area contributed by atoms with Crippen molar-refractivity contribution in [2.45, 2.75) is 20.3 Å². The molecule has 30 heavy (non-hydrogen) atoms. The summed E-state index contributed by atoms with van der Waals surface area (Å²) >= 11 is 0. The van der Waals surface area contributed by atoms with Gasteiger partial charge in [0.2, 0.25) is 0 Å². The molecule has 1 aromatic heterocycles. The minimum absolute atomic E-state index is 0.186. The fourth-order valence-corrected chi connectivity index (χ4v) is 3.05. The molecule has 0 bridgehead atoms. The van der Waals surface area contributed by atoms with Crippen LogP contribution in [0.2, 0.25) is 0 Å². The van der Waals surface area contributed by atoms with Crippen LogP contribution in [-0.4, -0.2) is 43.4 Å². The zero-order chi connectivity index (χ0) is 22.3. The standard InChI is InChI=1S/C22H29FN6O/c1-14(24)18(15(2)28-4)9-10-30-20-11-17(23)6-7-19(20)16-5-8-21(25)29(13-16)22(26)12-27-3/h5-8,11,13,25-27H,9-10,12,24H2,1-4H3. The Morgan fingerprint density at radius 3 is 2.63 bits per heavy atom. The van der Waals surface area contributed by atoms with Crippen LogP contribution >= 0.6 is 0 Å². The lowest BCUT2D eigenvalue weighted by Crippen LogP contribution is -2.32. The molecule has 0 spiro atoms. The molecule has 0 aliphatic rings. The molecule has 1 heterocycles. The fraction of sp³-hybridized carbons (Fsp3) is 0.318. The SMILES string of the molecule is CN=C(C)C(CCOc1cc(F)ccc1-c1ccc(=N)n(C(=N)CNC)c1)=C(C)N. The van der Waals surface area contributed by atoms with Crippen LogP contribution < -0.4 is 21.3 Å². The third kappa shape index (κ3) is 5.64. The van der Waals surface area contributed by atoms with Gasteiger partial charge in [0.15, 0.2) is 0 Å². The van der Waals surface area contributed by atoms with Crippen molar-refractivity contribution < 1.29 is 9.13 Å². The van der Waals surface area contributed by atoms with E-state index in [-0.39, 0.29) is 11.3 Å². The molecule has 0 aliphatic heterocycles. The van der Waals surface area contributed by atoms with E-state index in [9.17, 15) is 4.39 Å². The van der Waals surface area contributed by atoms with E-state index in [0.717, 1.165) is 16.8 Å². The maximum absolute atomic E-state index is 13.9. The van der Waals surface area contributed by atoms with E-state index in [2.05, 4.69) is 10.3 Å². The summed E-state index contributed by atoms with van der Waals surface area (Å²) < 4.78 is 21.3. The zero-order valence-electron chi connectivity index (χ0n) is 17.8. The number of nitrogens with one attached hydrogen (secondary N) is 3. The average molecular weight is 413 g/mol. The van der Waals surface area contributed by atoms with E-state index >= 15 is 0 Å². The van der Waals surface area contributed by atoms with Gasteiger partial charge in [0.05, 0.1) is 13.2 Å². The lowest BCUT2D eigenvalue weighted by atomic mass is 10.1. The molecule has 0 unspecified atom stereocenters. The first kappa shape index (κ1) is 23.0. The molecule has 0 aliphatic carbocycles. The van der Waals surface area contributed by atoms with E-state index in [1.54, 1.807) is 38.5 Å². The highest BCUT2D eigenvalue weighted by atomic mass is 19.1. The highest BCUT2D eigenvalue weighted by Gasteiger charge is 2.12. The Hall–Kier alpha value is -3.26. The summed E-state index contributed by atoms with van der Waals surface area (Å²) in [5, 5.41) is 19.1. The Balaban J connectivity index is 2.34. The number of aromatic nitrogens is 1. The number of ether oxygens (including phenoxy) is 1. The van der Waals surface area contributed by atoms with E-state index in [1.807, 2.05) is 13.8 Å². The number of aliphatic imine (C=N–C) groups is 1. The van der Waals surface area contributed by atoms with Crippen LogP contribution in [0, 0.1) is 16.6 Å². The molecule has 0 radical (unpaired) electrons. The van der Waals surface area contributed by atoms with Gasteiger partial charge < -0.3 is 15.8 Å². The number of hydrogen-bond donors (Lipinski definition) is 4. The molecule has 2 rings (SSSR count). The second-order valence-corrected chi connectivity index (χ2v) is 6.86. The van der Waals surface area contributed by atoms with Crippen molar-refractivity contribution in [1.82, 2.24) is 9.88 Å². The number of likely N-dealkylation sites (N-methyl/N-ethyl adjacent to an activating group) is 1. The van der Waals surface area contributed by atoms with Crippen LogP contribution in [0.5, 0.6) is 5.75 Å². The molecule has 0 saturated heterocycles. The summed E-state index contributed by atoms with van der Waals surface area (Å²) in [5.41, 5.74) is 9.97. The van der Waals surface area contributed by atoms with Crippen molar-refractivity contribution in [3.8, 4) is 16.9 Å². The largest absolute Gasteiger partial charge is 0.492 e. The van der Waals surface area contributed by atoms with Crippen LogP contribution in [0.1, 0.15) is 20.3 Å². The quantitative estimate of drug-likeness (QED) is 0.395. The molecular weight excluding hydrogens is 383 g/mol. The molecule has 8 heteroatoms. The van der Waals surface area contributed by atoms with Crippen LogP contribution in [0.3, 0.4) is 0 Å². The topological polar surface area (TPSA) is 112 Å². The third-order valence-electron chi connectivity index (χ3n) is 4.70. The molecule has 2 aromatic rings. The summed E-state index contributed by atoms with van der Waals surface area (Å²) in [4.78, 5) is 4.18. The van der Waals surface area contributed by atoms with Gasteiger partial charge in [-0.15, -0.1) is 0 Å². The highest BCUT2D eigenvalue weighted by molar-refractivity contribution is 5.98. The number of hydrogen-bond acceptors (Lipinski definition) is 6. The number of rotatable bonds is 8. The lowest BCUT2D eigenvalue weighted by molar-refractivity contribution is 0.322. The fourth-order valence-electron chi connectivity index (χ4n) is 3.05. The Labute approximate surface area is 176 Å². The Bertz CT molecular complexity index is 1030. The van der Waals surface area contributed by atoms with Crippen LogP contribution in [0.25, 0.3) is 11.1 Å². The molecule has 160 valence electrons. The molecule has 0 amide bonds. The number of nitrogens with two attached hydrogens (primary N) is 1. The number of halogens is 1. The summed E-state index contributed by atoms with van der Waals surface area (Å²) in [6.45, 7) is 4.33. The molecule has 0 atom stereocenters. The first-order valence-electron chi connectivity index (χ1n) is 9.59. The minimum atomic E-state index is -0.404. The summed E-state index contributed by atoms with van der Waals surface area (Å²) in [6, 6.07) is 7.70. The smallest absolute Gasteiger partial charge is 0.130 e. The van der Waals surface area contributed by atoms with Crippen molar-refractivity contribution >= 4 is 11.5 Å². The monoisotopic (exact) mass is 412 g/mol. The van der Waals surface area contributed by atoms with Crippen LogP contribution in [0.15, 0.2) is 52.8 Å².